The third-order valence-electron chi connectivity index (χ3n) is 10.0. The van der Waals surface area contributed by atoms with Gasteiger partial charge in [-0.2, -0.15) is 0 Å². The number of fused-ring (bicyclic) bond motifs is 10. The van der Waals surface area contributed by atoms with E-state index in [0.29, 0.717) is 24.3 Å². The van der Waals surface area contributed by atoms with E-state index in [4.69, 9.17) is 28.4 Å². The molecule has 12 N–H and O–H groups in total. The largest absolute Gasteiger partial charge is 0.504 e. The smallest absolute Gasteiger partial charge is 0.341 e. The molecule has 1 aliphatic carbocycles. The molecule has 4 heterocycles. The molecule has 7 atom stereocenters. The number of phenolic OH excluding ortho intramolecular Hbond substituents is 8. The number of phenols is 8. The minimum absolute atomic E-state index is 0.311. The highest BCUT2D eigenvalue weighted by Gasteiger charge is 2.70. The maximum Gasteiger partial charge on any atom is 0.341 e. The molecular weight excluding hydrogens is 776 g/mol. The fourth-order valence-corrected chi connectivity index (χ4v) is 7.23. The van der Waals surface area contributed by atoms with E-state index in [9.17, 15) is 85.3 Å². The van der Waals surface area contributed by atoms with Crippen molar-refractivity contribution in [1.29, 1.82) is 0 Å². The van der Waals surface area contributed by atoms with Gasteiger partial charge in [0.25, 0.3) is 5.79 Å². The first-order valence-electron chi connectivity index (χ1n) is 16.1. The number of ether oxygens (including phenoxy) is 6. The van der Waals surface area contributed by atoms with Crippen LogP contribution in [0.5, 0.6) is 51.7 Å². The highest BCUT2D eigenvalue weighted by molar-refractivity contribution is 6.10. The van der Waals surface area contributed by atoms with Crippen LogP contribution in [-0.4, -0.2) is 140 Å². The van der Waals surface area contributed by atoms with Crippen LogP contribution in [0, 0.1) is 0 Å². The van der Waals surface area contributed by atoms with Crippen molar-refractivity contribution in [3.05, 3.63) is 52.1 Å². The molecule has 3 unspecified atom stereocenters. The summed E-state index contributed by atoms with van der Waals surface area (Å²) >= 11 is 0. The summed E-state index contributed by atoms with van der Waals surface area (Å²) in [5.74, 6) is -29.8. The van der Waals surface area contributed by atoms with E-state index in [1.807, 2.05) is 0 Å². The van der Waals surface area contributed by atoms with Crippen molar-refractivity contribution >= 4 is 29.7 Å². The van der Waals surface area contributed by atoms with Crippen molar-refractivity contribution < 1.29 is 114 Å². The third kappa shape index (κ3) is 4.93. The van der Waals surface area contributed by atoms with Crippen molar-refractivity contribution in [3.63, 3.8) is 0 Å². The van der Waals surface area contributed by atoms with Gasteiger partial charge in [-0.05, 0) is 24.3 Å². The van der Waals surface area contributed by atoms with Gasteiger partial charge in [0.15, 0.2) is 46.7 Å². The number of esters is 4. The third-order valence-corrected chi connectivity index (χ3v) is 10.0. The Morgan fingerprint density at radius 1 is 0.614 bits per heavy atom. The van der Waals surface area contributed by atoms with E-state index in [0.717, 1.165) is 0 Å². The second-order valence-electron chi connectivity index (χ2n) is 13.2. The number of hydrogen-bond donors (Lipinski definition) is 12. The summed E-state index contributed by atoms with van der Waals surface area (Å²) in [5.41, 5.74) is -6.89. The van der Waals surface area contributed by atoms with Gasteiger partial charge in [-0.3, -0.25) is 4.79 Å². The highest BCUT2D eigenvalue weighted by Crippen LogP contribution is 2.58. The molecule has 0 aromatic heterocycles. The number of carbonyl (C=O) groups excluding carboxylic acids is 5. The van der Waals surface area contributed by atoms with Crippen LogP contribution in [0.4, 0.5) is 0 Å². The van der Waals surface area contributed by atoms with Crippen LogP contribution in [-0.2, 0) is 33.3 Å². The Labute approximate surface area is 313 Å². The molecule has 1 saturated heterocycles. The van der Waals surface area contributed by atoms with E-state index in [-0.39, 0.29) is 0 Å². The van der Waals surface area contributed by atoms with Gasteiger partial charge in [0.1, 0.15) is 18.8 Å². The number of aliphatic hydroxyl groups excluding tert-OH is 1. The molecule has 4 aliphatic heterocycles. The molecule has 0 spiro atoms. The molecule has 1 fully saturated rings. The molecule has 5 aliphatic rings. The molecule has 23 heteroatoms. The zero-order valence-electron chi connectivity index (χ0n) is 27.8. The monoisotopic (exact) mass is 800 g/mol. The predicted molar refractivity (Wildman–Crippen MR) is 170 cm³/mol. The lowest BCUT2D eigenvalue weighted by Gasteiger charge is -2.49. The minimum atomic E-state index is -3.86. The van der Waals surface area contributed by atoms with Crippen molar-refractivity contribution in [3.8, 4) is 62.9 Å². The Morgan fingerprint density at radius 3 is 1.75 bits per heavy atom. The number of hydrogen-bond acceptors (Lipinski definition) is 23. The number of ketones is 1. The zero-order chi connectivity index (χ0) is 41.4. The fraction of sp³-hybridized carbons (Fsp3) is 0.265. The van der Waals surface area contributed by atoms with E-state index >= 15 is 0 Å². The number of cyclic esters (lactones) is 1. The van der Waals surface area contributed by atoms with Crippen molar-refractivity contribution in [1.82, 2.24) is 0 Å². The Kier molecular flexibility index (Phi) is 7.75. The normalized spacial score (nSPS) is 28.6. The first-order chi connectivity index (χ1) is 26.7. The van der Waals surface area contributed by atoms with Crippen LogP contribution in [0.3, 0.4) is 0 Å². The first kappa shape index (κ1) is 36.9. The van der Waals surface area contributed by atoms with Crippen LogP contribution in [0.15, 0.2) is 29.8 Å². The lowest BCUT2D eigenvalue weighted by molar-refractivity contribution is -0.339. The number of rotatable bonds is 0. The maximum absolute atomic E-state index is 14.0. The second kappa shape index (κ2) is 12.0. The number of aromatic hydroxyl groups is 8. The summed E-state index contributed by atoms with van der Waals surface area (Å²) in [5, 5.41) is 129. The SMILES string of the molecule is O=C1O[C@@H]2C(O)[C@@H](OC(=O)c3cc(O)c(O)c4c3C3C1=CC(=O)C(O)(O4)C3(O)O)[C@H]1COC(=O)c3cc(O)c(O)c(O)c3-c3c(cc(O)c(O)c3O)C(=O)O[C@H]2O1. The van der Waals surface area contributed by atoms with E-state index in [1.54, 1.807) is 0 Å². The molecule has 23 nitrogen and oxygen atoms in total. The average molecular weight is 801 g/mol. The standard InChI is InChI=1S/C34H24O23/c35-10-1-6-15(22(42)19(10)39)16-7(2-11(36)20(40)23(16)43)30(47)56-32-27-24(44)25(13(53-32)5-52-28(6)45)54-29(46)8-3-12(37)21(41)26-17(8)18-9(31(48)55-27)4-14(38)34(51,57-26)33(18,49)50/h1-4,13,18,24-25,27,32,35-37,39-44,49-51H,5H2/t13-,18?,24?,25+,27-,32-,34?/m1/s1. The van der Waals surface area contributed by atoms with Crippen LogP contribution < -0.4 is 4.74 Å². The molecule has 0 saturated carbocycles. The van der Waals surface area contributed by atoms with Crippen molar-refractivity contribution in [2.45, 2.75) is 48.2 Å². The van der Waals surface area contributed by atoms with Crippen molar-refractivity contribution in [2.24, 2.45) is 0 Å². The molecule has 0 radical (unpaired) electrons. The van der Waals surface area contributed by atoms with Crippen LogP contribution in [0.1, 0.15) is 42.6 Å². The maximum atomic E-state index is 14.0. The lowest BCUT2D eigenvalue weighted by atomic mass is 9.70. The van der Waals surface area contributed by atoms with Gasteiger partial charge in [-0.15, -0.1) is 0 Å². The van der Waals surface area contributed by atoms with Gasteiger partial charge in [-0.25, -0.2) is 19.2 Å². The predicted octanol–water partition coefficient (Wildman–Crippen LogP) is -2.08. The molecule has 3 aromatic rings. The average Bonchev–Trinajstić information content (AvgIpc) is 3.15. The Hall–Kier alpha value is -7.05. The van der Waals surface area contributed by atoms with Gasteiger partial charge < -0.3 is 89.7 Å². The molecule has 0 amide bonds. The molecule has 3 aromatic carbocycles. The van der Waals surface area contributed by atoms with Gasteiger partial charge in [0.2, 0.25) is 29.3 Å². The summed E-state index contributed by atoms with van der Waals surface area (Å²) < 4.78 is 32.3. The van der Waals surface area contributed by atoms with Crippen LogP contribution in [0.2, 0.25) is 0 Å². The minimum Gasteiger partial charge on any atom is -0.504 e. The quantitative estimate of drug-likeness (QED) is 0.0502. The first-order valence-corrected chi connectivity index (χ1v) is 16.1. The summed E-state index contributed by atoms with van der Waals surface area (Å²) in [7, 11) is 0. The van der Waals surface area contributed by atoms with Gasteiger partial charge >= 0.3 is 29.7 Å². The number of benzene rings is 3. The van der Waals surface area contributed by atoms with E-state index < -0.39 is 175 Å². The summed E-state index contributed by atoms with van der Waals surface area (Å²) in [6.45, 7) is -1.13. The fourth-order valence-electron chi connectivity index (χ4n) is 7.23. The molecule has 6 bridgehead atoms. The summed E-state index contributed by atoms with van der Waals surface area (Å²) in [6, 6.07) is 1.44. The van der Waals surface area contributed by atoms with Crippen molar-refractivity contribution in [2.75, 3.05) is 6.61 Å². The summed E-state index contributed by atoms with van der Waals surface area (Å²) in [6.07, 6.45) is -11.0. The van der Waals surface area contributed by atoms with Gasteiger partial charge in [-0.1, -0.05) is 0 Å². The topological polar surface area (TPSA) is 383 Å². The Balaban J connectivity index is 1.33. The van der Waals surface area contributed by atoms with E-state index in [2.05, 4.69) is 0 Å². The van der Waals surface area contributed by atoms with Gasteiger partial charge in [0.05, 0.1) is 28.2 Å². The van der Waals surface area contributed by atoms with Crippen LogP contribution in [0.25, 0.3) is 11.1 Å². The summed E-state index contributed by atoms with van der Waals surface area (Å²) in [4.78, 5) is 68.7. The Bertz CT molecular complexity index is 2430. The molecule has 8 rings (SSSR count). The van der Waals surface area contributed by atoms with E-state index in [1.165, 1.54) is 0 Å². The lowest BCUT2D eigenvalue weighted by Crippen LogP contribution is -2.70. The second-order valence-corrected chi connectivity index (χ2v) is 13.2. The Morgan fingerprint density at radius 2 is 1.14 bits per heavy atom. The highest BCUT2D eigenvalue weighted by atomic mass is 16.7. The molecule has 298 valence electrons. The number of aliphatic hydroxyl groups is 4. The van der Waals surface area contributed by atoms with Crippen LogP contribution >= 0.6 is 0 Å². The molecular formula is C34H24O23. The van der Waals surface area contributed by atoms with Gasteiger partial charge in [0, 0.05) is 16.7 Å². The zero-order valence-corrected chi connectivity index (χ0v) is 27.8. The molecule has 57 heavy (non-hydrogen) atoms. The number of carbonyl (C=O) groups is 5.